The molecule has 1 heterocycles. The normalized spacial score (nSPS) is 11.6. The van der Waals surface area contributed by atoms with Crippen molar-refractivity contribution in [1.82, 2.24) is 9.88 Å². The lowest BCUT2D eigenvalue weighted by molar-refractivity contribution is 0.338. The van der Waals surface area contributed by atoms with Crippen molar-refractivity contribution in [3.8, 4) is 0 Å². The Morgan fingerprint density at radius 3 is 2.78 bits per heavy atom. The van der Waals surface area contributed by atoms with Gasteiger partial charge in [0.05, 0.1) is 0 Å². The number of likely N-dealkylation sites (N-methyl/N-ethyl adjacent to an activating group) is 1. The van der Waals surface area contributed by atoms with Gasteiger partial charge < -0.3 is 15.6 Å². The van der Waals surface area contributed by atoms with Crippen LogP contribution in [-0.2, 0) is 6.42 Å². The van der Waals surface area contributed by atoms with Gasteiger partial charge in [-0.05, 0) is 45.0 Å². The van der Waals surface area contributed by atoms with Gasteiger partial charge in [-0.15, -0.1) is 0 Å². The average molecular weight is 245 g/mol. The largest absolute Gasteiger partial charge is 0.358 e. The smallest absolute Gasteiger partial charge is 0.0458 e. The van der Waals surface area contributed by atoms with Crippen LogP contribution in [0.5, 0.6) is 0 Å². The number of nitrogens with zero attached hydrogens (tertiary/aromatic N) is 1. The number of aromatic amines is 1. The van der Waals surface area contributed by atoms with E-state index < -0.39 is 0 Å². The van der Waals surface area contributed by atoms with Crippen LogP contribution < -0.4 is 5.73 Å². The molecular weight excluding hydrogens is 222 g/mol. The van der Waals surface area contributed by atoms with E-state index in [1.807, 2.05) is 0 Å². The second kappa shape index (κ2) is 6.03. The summed E-state index contributed by atoms with van der Waals surface area (Å²) in [5.41, 5.74) is 9.57. The predicted molar refractivity (Wildman–Crippen MR) is 77.9 cm³/mol. The van der Waals surface area contributed by atoms with E-state index in [9.17, 15) is 0 Å². The number of rotatable bonds is 6. The predicted octanol–water partition coefficient (Wildman–Crippen LogP) is 2.30. The summed E-state index contributed by atoms with van der Waals surface area (Å²) in [5, 5.41) is 1.37. The summed E-state index contributed by atoms with van der Waals surface area (Å²) in [6, 6.07) is 8.54. The molecule has 0 fully saturated rings. The quantitative estimate of drug-likeness (QED) is 0.820. The highest BCUT2D eigenvalue weighted by atomic mass is 15.1. The van der Waals surface area contributed by atoms with Crippen LogP contribution in [0.25, 0.3) is 10.9 Å². The van der Waals surface area contributed by atoms with Gasteiger partial charge in [0, 0.05) is 29.7 Å². The molecule has 1 aromatic heterocycles. The summed E-state index contributed by atoms with van der Waals surface area (Å²) >= 11 is 0. The summed E-state index contributed by atoms with van der Waals surface area (Å²) in [7, 11) is 2.13. The van der Waals surface area contributed by atoms with Crippen LogP contribution in [0.3, 0.4) is 0 Å². The Morgan fingerprint density at radius 2 is 2.00 bits per heavy atom. The molecular formula is C15H23N3. The molecule has 0 bridgehead atoms. The van der Waals surface area contributed by atoms with Gasteiger partial charge in [-0.3, -0.25) is 0 Å². The first kappa shape index (κ1) is 13.1. The van der Waals surface area contributed by atoms with E-state index >= 15 is 0 Å². The molecule has 0 atom stereocenters. The zero-order valence-electron chi connectivity index (χ0n) is 11.4. The fraction of sp³-hybridized carbons (Fsp3) is 0.467. The monoisotopic (exact) mass is 245 g/mol. The number of hydrogen-bond donors (Lipinski definition) is 2. The maximum Gasteiger partial charge on any atom is 0.0458 e. The zero-order valence-corrected chi connectivity index (χ0v) is 11.4. The van der Waals surface area contributed by atoms with E-state index in [-0.39, 0.29) is 0 Å². The lowest BCUT2D eigenvalue weighted by Crippen LogP contribution is -2.26. The molecule has 0 saturated carbocycles. The second-order valence-corrected chi connectivity index (χ2v) is 4.97. The lowest BCUT2D eigenvalue weighted by Gasteiger charge is -2.14. The molecule has 0 saturated heterocycles. The summed E-state index contributed by atoms with van der Waals surface area (Å²) in [4.78, 5) is 5.75. The van der Waals surface area contributed by atoms with E-state index in [1.54, 1.807) is 0 Å². The Kier molecular flexibility index (Phi) is 4.39. The highest BCUT2D eigenvalue weighted by molar-refractivity contribution is 5.84. The number of aromatic nitrogens is 1. The first-order chi connectivity index (χ1) is 8.72. The highest BCUT2D eigenvalue weighted by Crippen LogP contribution is 2.22. The Bertz CT molecular complexity index is 501. The van der Waals surface area contributed by atoms with Crippen molar-refractivity contribution in [3.63, 3.8) is 0 Å². The van der Waals surface area contributed by atoms with Gasteiger partial charge in [-0.2, -0.15) is 0 Å². The van der Waals surface area contributed by atoms with Crippen LogP contribution in [0, 0.1) is 6.92 Å². The molecule has 2 rings (SSSR count). The minimum Gasteiger partial charge on any atom is -0.358 e. The van der Waals surface area contributed by atoms with E-state index in [1.165, 1.54) is 28.6 Å². The molecule has 3 nitrogen and oxygen atoms in total. The fourth-order valence-electron chi connectivity index (χ4n) is 2.51. The molecule has 0 aliphatic heterocycles. The summed E-state index contributed by atoms with van der Waals surface area (Å²) in [6.45, 7) is 4.99. The van der Waals surface area contributed by atoms with E-state index in [0.29, 0.717) is 0 Å². The van der Waals surface area contributed by atoms with Gasteiger partial charge in [0.2, 0.25) is 0 Å². The van der Waals surface area contributed by atoms with Crippen LogP contribution in [0.4, 0.5) is 0 Å². The Hall–Kier alpha value is -1.32. The molecule has 1 aromatic carbocycles. The Balaban J connectivity index is 2.01. The number of fused-ring (bicyclic) bond motifs is 1. The first-order valence-corrected chi connectivity index (χ1v) is 6.67. The average Bonchev–Trinajstić information content (AvgIpc) is 2.66. The Morgan fingerprint density at radius 1 is 1.22 bits per heavy atom. The molecule has 18 heavy (non-hydrogen) atoms. The third kappa shape index (κ3) is 2.92. The third-order valence-corrected chi connectivity index (χ3v) is 3.50. The van der Waals surface area contributed by atoms with Gasteiger partial charge in [-0.1, -0.05) is 18.2 Å². The van der Waals surface area contributed by atoms with Crippen molar-refractivity contribution in [1.29, 1.82) is 0 Å². The van der Waals surface area contributed by atoms with Crippen molar-refractivity contribution in [3.05, 3.63) is 35.5 Å². The van der Waals surface area contributed by atoms with Crippen molar-refractivity contribution >= 4 is 10.9 Å². The van der Waals surface area contributed by atoms with Gasteiger partial charge >= 0.3 is 0 Å². The molecule has 0 radical (unpaired) electrons. The SMILES string of the molecule is Cc1[nH]c2ccccc2c1CCCN(C)CCN. The highest BCUT2D eigenvalue weighted by Gasteiger charge is 2.07. The summed E-state index contributed by atoms with van der Waals surface area (Å²) in [6.07, 6.45) is 2.31. The molecule has 98 valence electrons. The van der Waals surface area contributed by atoms with Gasteiger partial charge in [0.15, 0.2) is 0 Å². The Labute approximate surface area is 109 Å². The van der Waals surface area contributed by atoms with Crippen LogP contribution >= 0.6 is 0 Å². The van der Waals surface area contributed by atoms with E-state index in [2.05, 4.69) is 48.1 Å². The molecule has 3 N–H and O–H groups in total. The zero-order chi connectivity index (χ0) is 13.0. The maximum atomic E-state index is 5.55. The van der Waals surface area contributed by atoms with E-state index in [0.717, 1.165) is 26.1 Å². The summed E-state index contributed by atoms with van der Waals surface area (Å²) in [5.74, 6) is 0. The number of hydrogen-bond acceptors (Lipinski definition) is 2. The standard InChI is InChI=1S/C15H23N3/c1-12-13(7-5-10-18(2)11-9-16)14-6-3-4-8-15(14)17-12/h3-4,6,8,17H,5,7,9-11,16H2,1-2H3. The van der Waals surface area contributed by atoms with Crippen LogP contribution in [0.15, 0.2) is 24.3 Å². The van der Waals surface area contributed by atoms with Crippen molar-refractivity contribution in [2.45, 2.75) is 19.8 Å². The molecule has 0 spiro atoms. The second-order valence-electron chi connectivity index (χ2n) is 4.97. The number of aryl methyl sites for hydroxylation is 2. The van der Waals surface area contributed by atoms with Gasteiger partial charge in [-0.25, -0.2) is 0 Å². The fourth-order valence-corrected chi connectivity index (χ4v) is 2.51. The molecule has 0 aliphatic carbocycles. The van der Waals surface area contributed by atoms with Crippen molar-refractivity contribution in [2.24, 2.45) is 5.73 Å². The minimum absolute atomic E-state index is 0.739. The molecule has 0 unspecified atom stereocenters. The van der Waals surface area contributed by atoms with Gasteiger partial charge in [0.1, 0.15) is 0 Å². The topological polar surface area (TPSA) is 45.0 Å². The molecule has 2 aromatic rings. The minimum atomic E-state index is 0.739. The molecule has 0 aliphatic rings. The number of para-hydroxylation sites is 1. The number of H-pyrrole nitrogens is 1. The summed E-state index contributed by atoms with van der Waals surface area (Å²) < 4.78 is 0. The van der Waals surface area contributed by atoms with Gasteiger partial charge in [0.25, 0.3) is 0 Å². The third-order valence-electron chi connectivity index (χ3n) is 3.50. The maximum absolute atomic E-state index is 5.55. The molecule has 0 amide bonds. The molecule has 3 heteroatoms. The van der Waals surface area contributed by atoms with Crippen molar-refractivity contribution < 1.29 is 0 Å². The first-order valence-electron chi connectivity index (χ1n) is 6.67. The lowest BCUT2D eigenvalue weighted by atomic mass is 10.1. The van der Waals surface area contributed by atoms with Crippen LogP contribution in [-0.4, -0.2) is 36.6 Å². The van der Waals surface area contributed by atoms with E-state index in [4.69, 9.17) is 5.73 Å². The van der Waals surface area contributed by atoms with Crippen LogP contribution in [0.1, 0.15) is 17.7 Å². The number of nitrogens with one attached hydrogen (secondary N) is 1. The number of nitrogens with two attached hydrogens (primary N) is 1. The van der Waals surface area contributed by atoms with Crippen molar-refractivity contribution in [2.75, 3.05) is 26.7 Å². The van der Waals surface area contributed by atoms with Crippen LogP contribution in [0.2, 0.25) is 0 Å². The number of benzene rings is 1.